The highest BCUT2D eigenvalue weighted by atomic mass is 79.9. The van der Waals surface area contributed by atoms with Gasteiger partial charge in [0.2, 0.25) is 0 Å². The Morgan fingerprint density at radius 2 is 1.79 bits per heavy atom. The summed E-state index contributed by atoms with van der Waals surface area (Å²) in [6, 6.07) is 14.5. The lowest BCUT2D eigenvalue weighted by Crippen LogP contribution is -2.00. The average molecular weight is 339 g/mol. The topological polar surface area (TPSA) is 12.0 Å². The van der Waals surface area contributed by atoms with E-state index in [-0.39, 0.29) is 0 Å². The first-order valence-corrected chi connectivity index (χ1v) is 7.51. The second kappa shape index (κ2) is 6.44. The highest BCUT2D eigenvalue weighted by Crippen LogP contribution is 2.26. The zero-order valence-electron chi connectivity index (χ0n) is 11.1. The highest BCUT2D eigenvalue weighted by Gasteiger charge is 2.02. The van der Waals surface area contributed by atoms with Gasteiger partial charge in [0, 0.05) is 11.0 Å². The molecule has 0 spiro atoms. The molecule has 1 N–H and O–H groups in total. The zero-order valence-corrected chi connectivity index (χ0v) is 13.4. The number of hydrogen-bond acceptors (Lipinski definition) is 1. The third-order valence-electron chi connectivity index (χ3n) is 3.06. The fourth-order valence-corrected chi connectivity index (χ4v) is 2.40. The number of benzene rings is 2. The largest absolute Gasteiger partial charge is 0.380 e. The molecule has 0 amide bonds. The molecule has 1 nitrogen and oxygen atoms in total. The molecule has 2 aromatic carbocycles. The Morgan fingerprint density at radius 1 is 1.11 bits per heavy atom. The predicted octanol–water partition coefficient (Wildman–Crippen LogP) is 5.84. The van der Waals surface area contributed by atoms with Gasteiger partial charge in [-0.05, 0) is 35.2 Å². The second-order valence-electron chi connectivity index (χ2n) is 4.87. The van der Waals surface area contributed by atoms with Gasteiger partial charge in [-0.25, -0.2) is 0 Å². The van der Waals surface area contributed by atoms with Crippen molar-refractivity contribution >= 4 is 33.2 Å². The molecular weight excluding hydrogens is 322 g/mol. The third kappa shape index (κ3) is 3.99. The maximum atomic E-state index is 6.15. The van der Waals surface area contributed by atoms with Gasteiger partial charge in [-0.1, -0.05) is 65.6 Å². The molecule has 0 aliphatic carbocycles. The van der Waals surface area contributed by atoms with Crippen LogP contribution >= 0.6 is 27.5 Å². The number of hydrogen-bond donors (Lipinski definition) is 1. The predicted molar refractivity (Wildman–Crippen MR) is 87.0 cm³/mol. The molecule has 3 heteroatoms. The summed E-state index contributed by atoms with van der Waals surface area (Å²) in [7, 11) is 0. The van der Waals surface area contributed by atoms with Gasteiger partial charge in [-0.15, -0.1) is 0 Å². The van der Waals surface area contributed by atoms with E-state index in [9.17, 15) is 0 Å². The smallest absolute Gasteiger partial charge is 0.0638 e. The normalized spacial score (nSPS) is 10.8. The minimum atomic E-state index is 0.571. The van der Waals surface area contributed by atoms with E-state index in [2.05, 4.69) is 59.4 Å². The summed E-state index contributed by atoms with van der Waals surface area (Å²) in [5.41, 5.74) is 3.56. The molecule has 0 saturated carbocycles. The number of rotatable bonds is 4. The summed E-state index contributed by atoms with van der Waals surface area (Å²) < 4.78 is 1.02. The average Bonchev–Trinajstić information content (AvgIpc) is 2.40. The Bertz CT molecular complexity index is 549. The summed E-state index contributed by atoms with van der Waals surface area (Å²) >= 11 is 9.60. The second-order valence-corrected chi connectivity index (χ2v) is 6.20. The van der Waals surface area contributed by atoms with Gasteiger partial charge in [0.15, 0.2) is 0 Å². The molecule has 0 atom stereocenters. The van der Waals surface area contributed by atoms with Crippen LogP contribution in [0.25, 0.3) is 0 Å². The highest BCUT2D eigenvalue weighted by molar-refractivity contribution is 9.10. The first-order chi connectivity index (χ1) is 9.06. The van der Waals surface area contributed by atoms with Crippen LogP contribution in [0.15, 0.2) is 46.9 Å². The van der Waals surface area contributed by atoms with Gasteiger partial charge in [0.05, 0.1) is 10.7 Å². The molecule has 100 valence electrons. The maximum Gasteiger partial charge on any atom is 0.0638 e. The van der Waals surface area contributed by atoms with E-state index in [0.29, 0.717) is 5.92 Å². The molecule has 0 aliphatic heterocycles. The van der Waals surface area contributed by atoms with Crippen LogP contribution in [0.3, 0.4) is 0 Å². The summed E-state index contributed by atoms with van der Waals surface area (Å²) in [4.78, 5) is 0. The minimum Gasteiger partial charge on any atom is -0.380 e. The summed E-state index contributed by atoms with van der Waals surface area (Å²) in [5.74, 6) is 0.571. The first kappa shape index (κ1) is 14.4. The van der Waals surface area contributed by atoms with E-state index in [4.69, 9.17) is 11.6 Å². The van der Waals surface area contributed by atoms with Gasteiger partial charge < -0.3 is 5.32 Å². The Hall–Kier alpha value is -0.990. The Labute approximate surface area is 128 Å². The van der Waals surface area contributed by atoms with Crippen LogP contribution in [0.4, 0.5) is 5.69 Å². The summed E-state index contributed by atoms with van der Waals surface area (Å²) in [6.45, 7) is 5.18. The van der Waals surface area contributed by atoms with Crippen LogP contribution in [0.1, 0.15) is 30.9 Å². The van der Waals surface area contributed by atoms with Crippen LogP contribution in [-0.4, -0.2) is 0 Å². The van der Waals surface area contributed by atoms with E-state index in [1.54, 1.807) is 0 Å². The van der Waals surface area contributed by atoms with Gasteiger partial charge in [-0.2, -0.15) is 0 Å². The minimum absolute atomic E-state index is 0.571. The number of anilines is 1. The first-order valence-electron chi connectivity index (χ1n) is 6.34. The Morgan fingerprint density at radius 3 is 2.42 bits per heavy atom. The van der Waals surface area contributed by atoms with Crippen molar-refractivity contribution in [3.63, 3.8) is 0 Å². The van der Waals surface area contributed by atoms with E-state index in [1.165, 1.54) is 11.1 Å². The van der Waals surface area contributed by atoms with E-state index >= 15 is 0 Å². The molecule has 0 unspecified atom stereocenters. The van der Waals surface area contributed by atoms with Crippen molar-refractivity contribution in [1.29, 1.82) is 0 Å². The fraction of sp³-hybridized carbons (Fsp3) is 0.250. The van der Waals surface area contributed by atoms with Crippen LogP contribution in [0, 0.1) is 0 Å². The molecular formula is C16H17BrClN. The molecule has 0 fully saturated rings. The fourth-order valence-electron chi connectivity index (χ4n) is 1.85. The Balaban J connectivity index is 2.04. The van der Waals surface area contributed by atoms with Crippen LogP contribution in [0.2, 0.25) is 5.02 Å². The quantitative estimate of drug-likeness (QED) is 0.738. The molecule has 0 saturated heterocycles. The third-order valence-corrected chi connectivity index (χ3v) is 3.88. The maximum absolute atomic E-state index is 6.15. The lowest BCUT2D eigenvalue weighted by molar-refractivity contribution is 0.865. The summed E-state index contributed by atoms with van der Waals surface area (Å²) in [6.07, 6.45) is 0. The zero-order chi connectivity index (χ0) is 13.8. The molecule has 2 rings (SSSR count). The monoisotopic (exact) mass is 337 g/mol. The van der Waals surface area contributed by atoms with Crippen LogP contribution in [0.5, 0.6) is 0 Å². The van der Waals surface area contributed by atoms with E-state index < -0.39 is 0 Å². The molecule has 0 heterocycles. The number of nitrogens with one attached hydrogen (secondary N) is 1. The lowest BCUT2D eigenvalue weighted by Gasteiger charge is -2.10. The molecule has 0 radical (unpaired) electrons. The van der Waals surface area contributed by atoms with Gasteiger partial charge in [0.25, 0.3) is 0 Å². The molecule has 0 aromatic heterocycles. The number of halogens is 2. The van der Waals surface area contributed by atoms with Gasteiger partial charge in [-0.3, -0.25) is 0 Å². The molecule has 0 bridgehead atoms. The van der Waals surface area contributed by atoms with Gasteiger partial charge >= 0.3 is 0 Å². The molecule has 0 aliphatic rings. The van der Waals surface area contributed by atoms with Crippen molar-refractivity contribution in [2.45, 2.75) is 26.3 Å². The van der Waals surface area contributed by atoms with Crippen molar-refractivity contribution in [2.24, 2.45) is 0 Å². The molecule has 2 aromatic rings. The van der Waals surface area contributed by atoms with Crippen molar-refractivity contribution in [3.05, 3.63) is 63.1 Å². The van der Waals surface area contributed by atoms with Crippen molar-refractivity contribution in [3.8, 4) is 0 Å². The lowest BCUT2D eigenvalue weighted by atomic mass is 10.0. The van der Waals surface area contributed by atoms with Crippen molar-refractivity contribution in [2.75, 3.05) is 5.32 Å². The van der Waals surface area contributed by atoms with Crippen LogP contribution < -0.4 is 5.32 Å². The van der Waals surface area contributed by atoms with Crippen molar-refractivity contribution < 1.29 is 0 Å². The standard InChI is InChI=1S/C16H17BrClN/c1-11(2)13-5-3-12(4-6-13)10-19-16-9-14(17)7-8-15(16)18/h3-9,11,19H,10H2,1-2H3. The summed E-state index contributed by atoms with van der Waals surface area (Å²) in [5, 5.41) is 4.09. The van der Waals surface area contributed by atoms with Crippen LogP contribution in [-0.2, 0) is 6.54 Å². The SMILES string of the molecule is CC(C)c1ccc(CNc2cc(Br)ccc2Cl)cc1. The van der Waals surface area contributed by atoms with E-state index in [1.807, 2.05) is 18.2 Å². The van der Waals surface area contributed by atoms with Crippen molar-refractivity contribution in [1.82, 2.24) is 0 Å². The Kier molecular flexibility index (Phi) is 4.89. The van der Waals surface area contributed by atoms with Gasteiger partial charge in [0.1, 0.15) is 0 Å². The van der Waals surface area contributed by atoms with E-state index in [0.717, 1.165) is 21.7 Å². The molecule has 19 heavy (non-hydrogen) atoms.